The molecule has 0 saturated carbocycles. The van der Waals surface area contributed by atoms with Crippen LogP contribution in [0.3, 0.4) is 0 Å². The fourth-order valence-corrected chi connectivity index (χ4v) is 11.9. The van der Waals surface area contributed by atoms with Crippen LogP contribution >= 0.6 is 34.8 Å². The van der Waals surface area contributed by atoms with Gasteiger partial charge < -0.3 is 28.7 Å². The summed E-state index contributed by atoms with van der Waals surface area (Å²) in [4.78, 5) is 13.6. The van der Waals surface area contributed by atoms with Gasteiger partial charge in [0.25, 0.3) is 8.32 Å². The molecular weight excluding hydrogens is 785 g/mol. The van der Waals surface area contributed by atoms with Crippen molar-refractivity contribution in [1.82, 2.24) is 5.32 Å². The van der Waals surface area contributed by atoms with E-state index in [4.69, 9.17) is 58.2 Å². The van der Waals surface area contributed by atoms with E-state index in [0.29, 0.717) is 11.5 Å². The number of alkyl halides is 3. The van der Waals surface area contributed by atoms with Gasteiger partial charge in [0.2, 0.25) is 3.79 Å². The fourth-order valence-electron chi connectivity index (χ4n) is 7.04. The molecule has 1 amide bonds. The Kier molecular flexibility index (Phi) is 14.4. The van der Waals surface area contributed by atoms with Gasteiger partial charge in [-0.1, -0.05) is 177 Å². The third kappa shape index (κ3) is 9.80. The largest absolute Gasteiger partial charge is 0.497 e. The zero-order chi connectivity index (χ0) is 40.4. The molecular formula is C45H48Cl3NO6Si. The molecule has 0 unspecified atom stereocenters. The van der Waals surface area contributed by atoms with Gasteiger partial charge in [-0.15, -0.1) is 6.58 Å². The van der Waals surface area contributed by atoms with Crippen molar-refractivity contribution in [3.63, 3.8) is 0 Å². The second-order valence-electron chi connectivity index (χ2n) is 14.2. The molecule has 5 aromatic rings. The first kappa shape index (κ1) is 42.9. The number of benzene rings is 5. The number of alkyl carbamates (subject to hydrolysis) is 1. The summed E-state index contributed by atoms with van der Waals surface area (Å²) in [5, 5.41) is 4.72. The van der Waals surface area contributed by atoms with Crippen LogP contribution in [-0.2, 0) is 19.5 Å². The molecule has 2 atom stereocenters. The van der Waals surface area contributed by atoms with E-state index in [1.165, 1.54) is 0 Å². The zero-order valence-electron chi connectivity index (χ0n) is 32.2. The number of ether oxygens (including phenoxy) is 4. The lowest BCUT2D eigenvalue weighted by molar-refractivity contribution is -0.0147. The minimum absolute atomic E-state index is 0.0787. The van der Waals surface area contributed by atoms with E-state index in [-0.39, 0.29) is 6.61 Å². The van der Waals surface area contributed by atoms with Crippen LogP contribution < -0.4 is 25.2 Å². The molecule has 0 aliphatic heterocycles. The smallest absolute Gasteiger partial charge is 0.407 e. The predicted molar refractivity (Wildman–Crippen MR) is 230 cm³/mol. The number of nitrogens with one attached hydrogen (secondary N) is 1. The van der Waals surface area contributed by atoms with Gasteiger partial charge in [-0.3, -0.25) is 0 Å². The lowest BCUT2D eigenvalue weighted by Gasteiger charge is -2.46. The van der Waals surface area contributed by atoms with E-state index in [2.05, 4.69) is 56.9 Å². The van der Waals surface area contributed by atoms with E-state index in [1.54, 1.807) is 20.3 Å². The van der Waals surface area contributed by atoms with Crippen LogP contribution in [0.5, 0.6) is 11.5 Å². The van der Waals surface area contributed by atoms with Gasteiger partial charge in [0.1, 0.15) is 23.7 Å². The highest BCUT2D eigenvalue weighted by Gasteiger charge is 2.52. The lowest BCUT2D eigenvalue weighted by Crippen LogP contribution is -2.69. The summed E-state index contributed by atoms with van der Waals surface area (Å²) in [7, 11) is 0.0541. The van der Waals surface area contributed by atoms with Crippen molar-refractivity contribution in [3.05, 3.63) is 169 Å². The van der Waals surface area contributed by atoms with Crippen LogP contribution in [-0.4, -0.2) is 57.8 Å². The third-order valence-corrected chi connectivity index (χ3v) is 15.0. The van der Waals surface area contributed by atoms with Crippen molar-refractivity contribution in [3.8, 4) is 11.5 Å². The Bertz CT molecular complexity index is 1900. The normalized spacial score (nSPS) is 13.3. The van der Waals surface area contributed by atoms with Gasteiger partial charge in [0.05, 0.1) is 33.0 Å². The topological polar surface area (TPSA) is 75.3 Å². The van der Waals surface area contributed by atoms with Gasteiger partial charge in [-0.05, 0) is 56.4 Å². The van der Waals surface area contributed by atoms with E-state index in [0.717, 1.165) is 27.1 Å². The van der Waals surface area contributed by atoms with Crippen LogP contribution in [0.15, 0.2) is 152 Å². The number of rotatable bonds is 16. The van der Waals surface area contributed by atoms with Crippen LogP contribution in [0, 0.1) is 0 Å². The average molecular weight is 833 g/mol. The maximum Gasteiger partial charge on any atom is 0.407 e. The molecule has 0 saturated heterocycles. The summed E-state index contributed by atoms with van der Waals surface area (Å²) < 4.78 is 29.5. The molecule has 0 aromatic heterocycles. The van der Waals surface area contributed by atoms with Crippen molar-refractivity contribution in [2.75, 3.05) is 27.4 Å². The molecule has 0 radical (unpaired) electrons. The monoisotopic (exact) mass is 831 g/mol. The number of carbonyl (C=O) groups excluding carboxylic acids is 1. The van der Waals surface area contributed by atoms with Crippen LogP contribution in [0.2, 0.25) is 5.04 Å². The summed E-state index contributed by atoms with van der Waals surface area (Å²) in [6.07, 6.45) is 0.0805. The highest BCUT2D eigenvalue weighted by Crippen LogP contribution is 2.43. The fraction of sp³-hybridized carbons (Fsp3) is 0.267. The molecule has 0 bridgehead atoms. The predicted octanol–water partition coefficient (Wildman–Crippen LogP) is 9.61. The second-order valence-corrected chi connectivity index (χ2v) is 21.0. The Morgan fingerprint density at radius 1 is 0.696 bits per heavy atom. The number of amides is 1. The van der Waals surface area contributed by atoms with E-state index < -0.39 is 47.6 Å². The first-order valence-electron chi connectivity index (χ1n) is 18.2. The van der Waals surface area contributed by atoms with Crippen LogP contribution in [0.4, 0.5) is 4.79 Å². The molecule has 5 aromatic carbocycles. The Balaban J connectivity index is 1.68. The molecule has 0 fully saturated rings. The SMILES string of the molecule is C=C[C@H](O[Si](c1ccccc1)(c1ccccc1)C(C)(C)C)[C@@H](COC(c1ccccc1)(c1ccc(OC)cc1)c1ccc(OC)cc1)NC(=O)OCC(Cl)(Cl)Cl. The highest BCUT2D eigenvalue weighted by molar-refractivity contribution is 6.99. The first-order valence-corrected chi connectivity index (χ1v) is 21.2. The van der Waals surface area contributed by atoms with Gasteiger partial charge in [0.15, 0.2) is 0 Å². The van der Waals surface area contributed by atoms with Gasteiger partial charge in [-0.2, -0.15) is 0 Å². The average Bonchev–Trinajstić information content (AvgIpc) is 3.21. The van der Waals surface area contributed by atoms with Crippen molar-refractivity contribution in [2.45, 2.75) is 47.3 Å². The summed E-state index contributed by atoms with van der Waals surface area (Å²) in [6, 6.07) is 44.9. The van der Waals surface area contributed by atoms with E-state index in [1.807, 2.05) is 115 Å². The van der Waals surface area contributed by atoms with Crippen molar-refractivity contribution in [2.24, 2.45) is 0 Å². The third-order valence-electron chi connectivity index (χ3n) is 9.68. The number of halogens is 3. The molecule has 294 valence electrons. The Morgan fingerprint density at radius 3 is 1.52 bits per heavy atom. The van der Waals surface area contributed by atoms with E-state index in [9.17, 15) is 4.79 Å². The summed E-state index contributed by atoms with van der Waals surface area (Å²) in [6.45, 7) is 10.2. The molecule has 0 aliphatic carbocycles. The molecule has 7 nitrogen and oxygen atoms in total. The minimum atomic E-state index is -3.19. The van der Waals surface area contributed by atoms with Crippen molar-refractivity contribution in [1.29, 1.82) is 0 Å². The lowest BCUT2D eigenvalue weighted by atomic mass is 9.80. The van der Waals surface area contributed by atoms with E-state index >= 15 is 0 Å². The molecule has 0 spiro atoms. The second kappa shape index (κ2) is 18.8. The van der Waals surface area contributed by atoms with Gasteiger partial charge in [0, 0.05) is 0 Å². The number of hydrogen-bond acceptors (Lipinski definition) is 6. The number of methoxy groups -OCH3 is 2. The molecule has 0 heterocycles. The molecule has 1 N–H and O–H groups in total. The number of carbonyl (C=O) groups is 1. The van der Waals surface area contributed by atoms with Crippen LogP contribution in [0.25, 0.3) is 0 Å². The quantitative estimate of drug-likeness (QED) is 0.0462. The molecule has 5 rings (SSSR count). The molecule has 11 heteroatoms. The first-order chi connectivity index (χ1) is 26.8. The summed E-state index contributed by atoms with van der Waals surface area (Å²) >= 11 is 18.0. The van der Waals surface area contributed by atoms with Crippen molar-refractivity contribution < 1.29 is 28.2 Å². The Labute approximate surface area is 346 Å². The summed E-state index contributed by atoms with van der Waals surface area (Å²) in [5.74, 6) is 1.37. The standard InChI is InChI=1S/C45H48Cl3NO6Si/c1-7-41(55-56(43(2,3)4,38-19-13-9-14-20-38)39-21-15-10-16-22-39)40(49-42(50)53-32-44(46,47)48)31-54-45(33-17-11-8-12-18-33,34-23-27-36(51-5)28-24-34)35-25-29-37(52-6)30-26-35/h7-30,40-41H,1,31-32H2,2-6H3,(H,49,50)/t40-,41+/m1/s1. The number of hydrogen-bond donors (Lipinski definition) is 1. The highest BCUT2D eigenvalue weighted by atomic mass is 35.6. The van der Waals surface area contributed by atoms with Crippen molar-refractivity contribution >= 4 is 59.6 Å². The maximum absolute atomic E-state index is 13.6. The Morgan fingerprint density at radius 2 is 1.12 bits per heavy atom. The maximum atomic E-state index is 13.6. The molecule has 0 aliphatic rings. The summed E-state index contributed by atoms with van der Waals surface area (Å²) in [5.41, 5.74) is 1.27. The van der Waals surface area contributed by atoms with Crippen LogP contribution in [0.1, 0.15) is 37.5 Å². The van der Waals surface area contributed by atoms with Gasteiger partial charge >= 0.3 is 6.09 Å². The molecule has 56 heavy (non-hydrogen) atoms. The van der Waals surface area contributed by atoms with Gasteiger partial charge in [-0.25, -0.2) is 4.79 Å². The zero-order valence-corrected chi connectivity index (χ0v) is 35.5. The Hall–Kier alpha value is -4.28. The minimum Gasteiger partial charge on any atom is -0.497 e.